The number of fused-ring (bicyclic) bond motifs is 1. The van der Waals surface area contributed by atoms with Crippen molar-refractivity contribution >= 4 is 23.0 Å². The third kappa shape index (κ3) is 7.23. The Morgan fingerprint density at radius 1 is 1.10 bits per heavy atom. The number of carbonyl (C=O) groups is 1. The fourth-order valence-corrected chi connectivity index (χ4v) is 4.32. The van der Waals surface area contributed by atoms with Gasteiger partial charge in [-0.1, -0.05) is 48.5 Å². The van der Waals surface area contributed by atoms with Gasteiger partial charge in [-0.15, -0.1) is 0 Å². The first-order valence-corrected chi connectivity index (χ1v) is 12.7. The quantitative estimate of drug-likeness (QED) is 0.165. The smallest absolute Gasteiger partial charge is 0.328 e. The van der Waals surface area contributed by atoms with Crippen molar-refractivity contribution < 1.29 is 24.1 Å². The molecule has 0 bridgehead atoms. The number of hydrogen-bond acceptors (Lipinski definition) is 10. The van der Waals surface area contributed by atoms with Crippen LogP contribution in [0.4, 0.5) is 5.82 Å². The molecule has 2 heterocycles. The molecule has 0 amide bonds. The number of hydrogen-bond donors (Lipinski definition) is 3. The number of anilines is 1. The van der Waals surface area contributed by atoms with Crippen molar-refractivity contribution in [2.24, 2.45) is 0 Å². The minimum atomic E-state index is -0.714. The number of nitrogens with two attached hydrogens (primary N) is 1. The van der Waals surface area contributed by atoms with Gasteiger partial charge in [-0.25, -0.2) is 4.79 Å². The van der Waals surface area contributed by atoms with Crippen LogP contribution in [0.15, 0.2) is 53.3 Å². The van der Waals surface area contributed by atoms with Gasteiger partial charge in [-0.05, 0) is 29.3 Å². The number of likely N-dealkylation sites (N-methyl/N-ethyl adjacent to an activating group) is 1. The number of ether oxygens (including phenoxy) is 3. The molecule has 4 aromatic rings. The average Bonchev–Trinajstić information content (AvgIpc) is 3.25. The van der Waals surface area contributed by atoms with E-state index >= 15 is 0 Å². The Morgan fingerprint density at radius 2 is 1.85 bits per heavy atom. The van der Waals surface area contributed by atoms with Gasteiger partial charge in [0.1, 0.15) is 12.1 Å². The van der Waals surface area contributed by atoms with Gasteiger partial charge in [0.15, 0.2) is 11.5 Å². The molecule has 1 atom stereocenters. The van der Waals surface area contributed by atoms with Gasteiger partial charge < -0.3 is 30.0 Å². The zero-order valence-electron chi connectivity index (χ0n) is 22.8. The maximum atomic E-state index is 12.7. The van der Waals surface area contributed by atoms with Gasteiger partial charge in [0.05, 0.1) is 32.8 Å². The summed E-state index contributed by atoms with van der Waals surface area (Å²) in [6.07, 6.45) is -0.554. The summed E-state index contributed by atoms with van der Waals surface area (Å²) >= 11 is 0. The highest BCUT2D eigenvalue weighted by Crippen LogP contribution is 2.20. The molecule has 12 heteroatoms. The van der Waals surface area contributed by atoms with Crippen LogP contribution in [0.1, 0.15) is 28.4 Å². The van der Waals surface area contributed by atoms with Crippen LogP contribution in [-0.2, 0) is 33.8 Å². The molecule has 2 aromatic carbocycles. The Labute approximate surface area is 231 Å². The molecule has 0 fully saturated rings. The molecular weight excluding hydrogens is 516 g/mol. The van der Waals surface area contributed by atoms with Gasteiger partial charge >= 0.3 is 17.7 Å². The largest absolute Gasteiger partial charge is 0.469 e. The lowest BCUT2D eigenvalue weighted by molar-refractivity contribution is -0.139. The molecule has 0 aliphatic rings. The van der Waals surface area contributed by atoms with Gasteiger partial charge in [-0.3, -0.25) is 14.3 Å². The van der Waals surface area contributed by atoms with Crippen molar-refractivity contribution in [3.63, 3.8) is 0 Å². The summed E-state index contributed by atoms with van der Waals surface area (Å²) in [6, 6.07) is 15.3. The summed E-state index contributed by atoms with van der Waals surface area (Å²) in [6.45, 7) is 1.92. The van der Waals surface area contributed by atoms with Crippen LogP contribution in [0.25, 0.3) is 11.2 Å². The number of methoxy groups -OCH3 is 2. The van der Waals surface area contributed by atoms with Crippen molar-refractivity contribution in [3.8, 4) is 6.01 Å². The number of aromatic nitrogens is 4. The number of rotatable bonds is 13. The molecule has 0 aliphatic carbocycles. The summed E-state index contributed by atoms with van der Waals surface area (Å²) in [5.41, 5.74) is 9.87. The van der Waals surface area contributed by atoms with E-state index in [1.807, 2.05) is 60.5 Å². The molecular formula is C28H34N6O6. The molecule has 0 saturated carbocycles. The molecule has 12 nitrogen and oxygen atoms in total. The normalized spacial score (nSPS) is 12.1. The van der Waals surface area contributed by atoms with Gasteiger partial charge in [-0.2, -0.15) is 9.97 Å². The average molecular weight is 551 g/mol. The van der Waals surface area contributed by atoms with E-state index in [1.165, 1.54) is 11.7 Å². The highest BCUT2D eigenvalue weighted by molar-refractivity contribution is 5.82. The molecule has 4 N–H and O–H groups in total. The molecule has 2 aromatic heterocycles. The Kier molecular flexibility index (Phi) is 9.48. The molecule has 4 rings (SSSR count). The maximum absolute atomic E-state index is 12.7. The molecule has 0 aliphatic heterocycles. The van der Waals surface area contributed by atoms with E-state index in [0.29, 0.717) is 30.9 Å². The van der Waals surface area contributed by atoms with Gasteiger partial charge in [0.2, 0.25) is 0 Å². The minimum Gasteiger partial charge on any atom is -0.469 e. The van der Waals surface area contributed by atoms with Crippen molar-refractivity contribution in [3.05, 3.63) is 81.3 Å². The van der Waals surface area contributed by atoms with Crippen LogP contribution >= 0.6 is 0 Å². The first kappa shape index (κ1) is 28.7. The summed E-state index contributed by atoms with van der Waals surface area (Å²) in [5.74, 6) is -0.195. The van der Waals surface area contributed by atoms with Crippen molar-refractivity contribution in [1.29, 1.82) is 0 Å². The number of nitrogens with zero attached hydrogens (tertiary/aromatic N) is 4. The molecule has 0 saturated heterocycles. The zero-order chi connectivity index (χ0) is 28.6. The Hall–Kier alpha value is -4.26. The standard InChI is InChI=1S/C28H34N6O6/c1-33(17-22(35)21-6-4-5-20(13-21)14-23(36)39-3)15-18-7-9-19(10-8-18)16-34-26-24(30-28(34)37)25(29)31-27(32-26)40-12-11-38-2/h4-10,13,22,35H,11-12,14-17H2,1-3H3,(H,30,37)(H2,29,31,32). The van der Waals surface area contributed by atoms with Crippen molar-refractivity contribution in [2.75, 3.05) is 46.8 Å². The second kappa shape index (κ2) is 13.2. The van der Waals surface area contributed by atoms with Gasteiger partial charge in [0, 0.05) is 20.2 Å². The number of aliphatic hydroxyl groups is 1. The second-order valence-electron chi connectivity index (χ2n) is 9.47. The SMILES string of the molecule is COCCOc1nc(N)c2[nH]c(=O)n(Cc3ccc(CN(C)CC(O)c4cccc(CC(=O)OC)c4)cc3)c2n1. The zero-order valence-corrected chi connectivity index (χ0v) is 22.8. The van der Waals surface area contributed by atoms with Crippen molar-refractivity contribution in [2.45, 2.75) is 25.6 Å². The highest BCUT2D eigenvalue weighted by Gasteiger charge is 2.16. The first-order valence-electron chi connectivity index (χ1n) is 12.7. The number of H-pyrrole nitrogens is 1. The lowest BCUT2D eigenvalue weighted by Crippen LogP contribution is -2.24. The molecule has 0 radical (unpaired) electrons. The number of esters is 1. The number of imidazole rings is 1. The second-order valence-corrected chi connectivity index (χ2v) is 9.47. The predicted octanol–water partition coefficient (Wildman–Crippen LogP) is 1.66. The molecule has 40 heavy (non-hydrogen) atoms. The number of aromatic amines is 1. The Bertz CT molecular complexity index is 1500. The number of carbonyl (C=O) groups excluding carboxylic acids is 1. The van der Waals surface area contributed by atoms with E-state index in [-0.39, 0.29) is 43.1 Å². The fraction of sp³-hybridized carbons (Fsp3) is 0.357. The minimum absolute atomic E-state index is 0.0746. The van der Waals surface area contributed by atoms with E-state index < -0.39 is 6.10 Å². The monoisotopic (exact) mass is 550 g/mol. The number of nitrogen functional groups attached to an aromatic ring is 1. The molecule has 212 valence electrons. The number of benzene rings is 2. The van der Waals surface area contributed by atoms with Crippen LogP contribution in [0.3, 0.4) is 0 Å². The summed E-state index contributed by atoms with van der Waals surface area (Å²) in [4.78, 5) is 37.4. The van der Waals surface area contributed by atoms with E-state index in [0.717, 1.165) is 22.3 Å². The third-order valence-electron chi connectivity index (χ3n) is 6.36. The lowest BCUT2D eigenvalue weighted by atomic mass is 10.0. The van der Waals surface area contributed by atoms with Gasteiger partial charge in [0.25, 0.3) is 0 Å². The van der Waals surface area contributed by atoms with E-state index in [2.05, 4.69) is 15.0 Å². The Morgan fingerprint density at radius 3 is 2.58 bits per heavy atom. The van der Waals surface area contributed by atoms with Crippen LogP contribution in [0.2, 0.25) is 0 Å². The molecule has 0 spiro atoms. The Balaban J connectivity index is 1.39. The maximum Gasteiger partial charge on any atom is 0.328 e. The number of aliphatic hydroxyl groups excluding tert-OH is 1. The van der Waals surface area contributed by atoms with Crippen LogP contribution in [-0.4, -0.2) is 76.5 Å². The lowest BCUT2D eigenvalue weighted by Gasteiger charge is -2.21. The predicted molar refractivity (Wildman–Crippen MR) is 149 cm³/mol. The molecule has 1 unspecified atom stereocenters. The van der Waals surface area contributed by atoms with Crippen LogP contribution < -0.4 is 16.2 Å². The fourth-order valence-electron chi connectivity index (χ4n) is 4.32. The third-order valence-corrected chi connectivity index (χ3v) is 6.36. The van der Waals surface area contributed by atoms with Crippen LogP contribution in [0.5, 0.6) is 6.01 Å². The van der Waals surface area contributed by atoms with E-state index in [1.54, 1.807) is 7.11 Å². The summed E-state index contributed by atoms with van der Waals surface area (Å²) in [7, 11) is 4.85. The van der Waals surface area contributed by atoms with E-state index in [9.17, 15) is 14.7 Å². The first-order chi connectivity index (χ1) is 19.3. The summed E-state index contributed by atoms with van der Waals surface area (Å²) in [5, 5.41) is 10.8. The van der Waals surface area contributed by atoms with Crippen molar-refractivity contribution in [1.82, 2.24) is 24.4 Å². The van der Waals surface area contributed by atoms with E-state index in [4.69, 9.17) is 19.9 Å². The summed E-state index contributed by atoms with van der Waals surface area (Å²) < 4.78 is 16.7. The highest BCUT2D eigenvalue weighted by atomic mass is 16.5. The number of nitrogens with one attached hydrogen (secondary N) is 1. The van der Waals surface area contributed by atoms with Crippen LogP contribution in [0, 0.1) is 0 Å². The topological polar surface area (TPSA) is 158 Å².